The van der Waals surface area contributed by atoms with Crippen LogP contribution in [-0.4, -0.2) is 38.2 Å². The van der Waals surface area contributed by atoms with Crippen LogP contribution in [0.2, 0.25) is 0 Å². The molecule has 0 fully saturated rings. The number of phenolic OH excluding ortho intramolecular Hbond substituents is 1. The van der Waals surface area contributed by atoms with Crippen molar-refractivity contribution < 1.29 is 65.3 Å². The number of nitrogens with one attached hydrogen (secondary N) is 1. The van der Waals surface area contributed by atoms with Crippen molar-refractivity contribution in [2.24, 2.45) is 10.2 Å². The van der Waals surface area contributed by atoms with E-state index in [-0.39, 0.29) is 56.7 Å². The fraction of sp³-hybridized carbons (Fsp3) is 0.0435. The molecule has 5 N–H and O–H groups in total. The van der Waals surface area contributed by atoms with Crippen molar-refractivity contribution in [1.82, 2.24) is 0 Å². The van der Waals surface area contributed by atoms with Crippen LogP contribution >= 0.6 is 0 Å². The molecule has 0 aromatic heterocycles. The maximum Gasteiger partial charge on any atom is 1.00 e. The predicted octanol–water partition coefficient (Wildman–Crippen LogP) is 1.45. The Labute approximate surface area is 240 Å². The number of anilines is 3. The molecule has 0 radical (unpaired) electrons. The first-order chi connectivity index (χ1) is 17.4. The monoisotopic (exact) mass is 566 g/mol. The van der Waals surface area contributed by atoms with Crippen LogP contribution in [0.1, 0.15) is 0 Å². The largest absolute Gasteiger partial charge is 1.00 e. The fourth-order valence-corrected chi connectivity index (χ4v) is 4.66. The second kappa shape index (κ2) is 11.2. The van der Waals surface area contributed by atoms with E-state index in [4.69, 9.17) is 10.5 Å². The zero-order valence-corrected chi connectivity index (χ0v) is 23.6. The summed E-state index contributed by atoms with van der Waals surface area (Å²) in [6.45, 7) is 0. The second-order valence-corrected chi connectivity index (χ2v) is 10.5. The number of nitrogens with two attached hydrogens (primary N) is 1. The Bertz CT molecular complexity index is 1780. The summed E-state index contributed by atoms with van der Waals surface area (Å²) in [5, 5.41) is 22.0. The molecule has 4 rings (SSSR count). The number of hydrogen-bond acceptors (Lipinski definition) is 11. The molecule has 0 atom stereocenters. The third kappa shape index (κ3) is 6.42. The molecule has 0 unspecified atom stereocenters. The molecule has 192 valence electrons. The Balaban J connectivity index is 0.00000400. The van der Waals surface area contributed by atoms with Gasteiger partial charge in [-0.05, 0) is 53.9 Å². The Morgan fingerprint density at radius 2 is 1.66 bits per heavy atom. The van der Waals surface area contributed by atoms with Crippen molar-refractivity contribution in [3.63, 3.8) is 0 Å². The van der Waals surface area contributed by atoms with Crippen LogP contribution in [0.4, 0.5) is 28.4 Å². The molecule has 0 heterocycles. The molecule has 0 bridgehead atoms. The summed E-state index contributed by atoms with van der Waals surface area (Å²) in [5.74, 6) is -0.394. The Kier molecular flexibility index (Phi) is 8.68. The number of nitrogens with zero attached hydrogens (tertiary/aromatic N) is 2. The summed E-state index contributed by atoms with van der Waals surface area (Å²) >= 11 is 0. The Morgan fingerprint density at radius 3 is 2.32 bits per heavy atom. The van der Waals surface area contributed by atoms with Gasteiger partial charge < -0.3 is 25.4 Å². The van der Waals surface area contributed by atoms with Gasteiger partial charge in [0.15, 0.2) is 5.75 Å². The van der Waals surface area contributed by atoms with E-state index in [0.717, 1.165) is 6.07 Å². The molecule has 0 saturated heterocycles. The zero-order valence-electron chi connectivity index (χ0n) is 20.0. The van der Waals surface area contributed by atoms with Crippen molar-refractivity contribution in [1.29, 1.82) is 0 Å². The van der Waals surface area contributed by atoms with Gasteiger partial charge in [-0.15, -0.1) is 10.2 Å². The average Bonchev–Trinajstić information content (AvgIpc) is 2.83. The molecular formula is C23H19N4NaO8S2. The fourth-order valence-electron chi connectivity index (χ4n) is 3.49. The van der Waals surface area contributed by atoms with E-state index in [1.807, 2.05) is 0 Å². The van der Waals surface area contributed by atoms with E-state index >= 15 is 0 Å². The maximum atomic E-state index is 12.0. The van der Waals surface area contributed by atoms with Crippen LogP contribution in [0.3, 0.4) is 0 Å². The molecule has 15 heteroatoms. The van der Waals surface area contributed by atoms with E-state index < -0.39 is 36.6 Å². The Morgan fingerprint density at radius 1 is 0.947 bits per heavy atom. The first-order valence-corrected chi connectivity index (χ1v) is 13.2. The van der Waals surface area contributed by atoms with Crippen molar-refractivity contribution in [2.45, 2.75) is 9.79 Å². The average molecular weight is 567 g/mol. The van der Waals surface area contributed by atoms with Gasteiger partial charge >= 0.3 is 29.6 Å². The smallest absolute Gasteiger partial charge is 0.744 e. The molecular weight excluding hydrogens is 547 g/mol. The zero-order chi connectivity index (χ0) is 27.0. The standard InChI is InChI=1S/C23H20N4O8S2.Na/c1-35-20-10-14(24)6-8-19(20)26-27-22-21(37(32,33)34)9-13-5-7-16(12-18(13)23(22)28)25-15-3-2-4-17(11-15)36(29,30)31;/h2-12,25,28H,24H2,1H3,(H,29,30,31)(H,32,33,34);/q;+1/p-1. The van der Waals surface area contributed by atoms with Gasteiger partial charge in [0.25, 0.3) is 10.1 Å². The molecule has 0 saturated carbocycles. The molecule has 12 nitrogen and oxygen atoms in total. The second-order valence-electron chi connectivity index (χ2n) is 7.72. The molecule has 4 aromatic carbocycles. The summed E-state index contributed by atoms with van der Waals surface area (Å²) in [4.78, 5) is -1.11. The molecule has 0 amide bonds. The van der Waals surface area contributed by atoms with Gasteiger partial charge in [0.1, 0.15) is 27.2 Å². The number of nitrogen functional groups attached to an aromatic ring is 1. The SMILES string of the molecule is COc1cc(N)ccc1N=Nc1c(S(=O)(=O)[O-])cc2ccc(Nc3cccc(S(=O)(=O)O)c3)cc2c1O.[Na+]. The molecule has 4 aromatic rings. The van der Waals surface area contributed by atoms with Gasteiger partial charge in [-0.3, -0.25) is 4.55 Å². The number of fused-ring (bicyclic) bond motifs is 1. The van der Waals surface area contributed by atoms with Crippen molar-refractivity contribution in [3.8, 4) is 11.5 Å². The van der Waals surface area contributed by atoms with Gasteiger partial charge in [-0.2, -0.15) is 8.42 Å². The van der Waals surface area contributed by atoms with Crippen molar-refractivity contribution >= 4 is 59.4 Å². The summed E-state index contributed by atoms with van der Waals surface area (Å²) in [6.07, 6.45) is 0. The minimum absolute atomic E-state index is 0. The van der Waals surface area contributed by atoms with Crippen LogP contribution in [0.5, 0.6) is 11.5 Å². The van der Waals surface area contributed by atoms with E-state index in [1.165, 1.54) is 61.7 Å². The first-order valence-electron chi connectivity index (χ1n) is 10.3. The number of hydrogen-bond donors (Lipinski definition) is 4. The topological polar surface area (TPSA) is 204 Å². The summed E-state index contributed by atoms with van der Waals surface area (Å²) in [6, 6.07) is 15.3. The molecule has 0 spiro atoms. The minimum atomic E-state index is -5.06. The number of benzene rings is 4. The number of methoxy groups -OCH3 is 1. The number of aromatic hydroxyl groups is 1. The van der Waals surface area contributed by atoms with Gasteiger partial charge in [-0.1, -0.05) is 12.1 Å². The third-order valence-electron chi connectivity index (χ3n) is 5.20. The van der Waals surface area contributed by atoms with Gasteiger partial charge in [0, 0.05) is 28.5 Å². The molecule has 0 aliphatic rings. The van der Waals surface area contributed by atoms with Crippen LogP contribution < -0.4 is 45.3 Å². The van der Waals surface area contributed by atoms with Gasteiger partial charge in [-0.25, -0.2) is 8.42 Å². The minimum Gasteiger partial charge on any atom is -0.744 e. The van der Waals surface area contributed by atoms with Crippen molar-refractivity contribution in [2.75, 3.05) is 18.2 Å². The number of ether oxygens (including phenoxy) is 1. The quantitative estimate of drug-likeness (QED) is 0.110. The maximum absolute atomic E-state index is 12.0. The Hall–Kier alpha value is -3.24. The third-order valence-corrected chi connectivity index (χ3v) is 6.90. The van der Waals surface area contributed by atoms with Crippen LogP contribution in [0.15, 0.2) is 86.7 Å². The number of rotatable bonds is 7. The van der Waals surface area contributed by atoms with Gasteiger partial charge in [0.05, 0.1) is 16.9 Å². The van der Waals surface area contributed by atoms with E-state index in [0.29, 0.717) is 17.1 Å². The van der Waals surface area contributed by atoms with Gasteiger partial charge in [0.2, 0.25) is 0 Å². The molecule has 38 heavy (non-hydrogen) atoms. The predicted molar refractivity (Wildman–Crippen MR) is 135 cm³/mol. The van der Waals surface area contributed by atoms with Crippen LogP contribution in [0, 0.1) is 0 Å². The van der Waals surface area contributed by atoms with E-state index in [9.17, 15) is 31.0 Å². The number of phenols is 1. The normalized spacial score (nSPS) is 11.9. The number of azo groups is 1. The molecule has 0 aliphatic carbocycles. The van der Waals surface area contributed by atoms with E-state index in [1.54, 1.807) is 6.07 Å². The van der Waals surface area contributed by atoms with Crippen LogP contribution in [0.25, 0.3) is 10.8 Å². The van der Waals surface area contributed by atoms with E-state index in [2.05, 4.69) is 15.5 Å². The summed E-state index contributed by atoms with van der Waals surface area (Å²) < 4.78 is 73.1. The summed E-state index contributed by atoms with van der Waals surface area (Å²) in [5.41, 5.74) is 6.37. The first kappa shape index (κ1) is 29.3. The molecule has 0 aliphatic heterocycles. The van der Waals surface area contributed by atoms with Crippen LogP contribution in [-0.2, 0) is 20.2 Å². The van der Waals surface area contributed by atoms with Crippen molar-refractivity contribution in [3.05, 3.63) is 66.7 Å². The summed E-state index contributed by atoms with van der Waals surface area (Å²) in [7, 11) is -8.12.